The summed E-state index contributed by atoms with van der Waals surface area (Å²) in [5.41, 5.74) is 5.36. The Morgan fingerprint density at radius 2 is 2.11 bits per heavy atom. The Kier molecular flexibility index (Phi) is 4.23. The fourth-order valence-electron chi connectivity index (χ4n) is 2.37. The molecule has 108 valence electrons. The van der Waals surface area contributed by atoms with Crippen molar-refractivity contribution in [2.45, 2.75) is 51.8 Å². The van der Waals surface area contributed by atoms with Crippen molar-refractivity contribution in [2.75, 3.05) is 13.1 Å². The average Bonchev–Trinajstić information content (AvgIpc) is 2.78. The predicted molar refractivity (Wildman–Crippen MR) is 71.2 cm³/mol. The van der Waals surface area contributed by atoms with Gasteiger partial charge in [-0.05, 0) is 52.6 Å². The van der Waals surface area contributed by atoms with E-state index < -0.39 is 5.54 Å². The third kappa shape index (κ3) is 3.75. The van der Waals surface area contributed by atoms with Gasteiger partial charge in [-0.25, -0.2) is 0 Å². The van der Waals surface area contributed by atoms with Crippen LogP contribution in [0.1, 0.15) is 45.3 Å². The van der Waals surface area contributed by atoms with E-state index in [0.29, 0.717) is 24.2 Å². The summed E-state index contributed by atoms with van der Waals surface area (Å²) < 4.78 is 5.24. The van der Waals surface area contributed by atoms with Gasteiger partial charge in [0.25, 0.3) is 0 Å². The first-order valence-corrected chi connectivity index (χ1v) is 6.88. The van der Waals surface area contributed by atoms with Gasteiger partial charge in [0.15, 0.2) is 5.82 Å². The number of likely N-dealkylation sites (tertiary alicyclic amines) is 1. The smallest absolute Gasteiger partial charge is 0.240 e. The van der Waals surface area contributed by atoms with Gasteiger partial charge in [0.05, 0.1) is 18.2 Å². The van der Waals surface area contributed by atoms with Gasteiger partial charge >= 0.3 is 0 Å². The van der Waals surface area contributed by atoms with Crippen LogP contribution >= 0.6 is 0 Å². The van der Waals surface area contributed by atoms with E-state index in [-0.39, 0.29) is 6.10 Å². The molecule has 0 aliphatic carbocycles. The Hall–Kier alpha value is -0.980. The van der Waals surface area contributed by atoms with Crippen LogP contribution in [0.15, 0.2) is 4.52 Å². The molecule has 1 aliphatic heterocycles. The Balaban J connectivity index is 1.87. The lowest BCUT2D eigenvalue weighted by Crippen LogP contribution is -2.36. The Morgan fingerprint density at radius 3 is 2.58 bits per heavy atom. The van der Waals surface area contributed by atoms with Crippen molar-refractivity contribution in [3.05, 3.63) is 11.7 Å². The zero-order valence-corrected chi connectivity index (χ0v) is 12.0. The molecule has 1 aromatic heterocycles. The van der Waals surface area contributed by atoms with E-state index in [9.17, 15) is 5.11 Å². The van der Waals surface area contributed by atoms with Crippen LogP contribution in [0.3, 0.4) is 0 Å². The number of hydrogen-bond donors (Lipinski definition) is 2. The average molecular weight is 268 g/mol. The third-order valence-electron chi connectivity index (χ3n) is 3.72. The highest BCUT2D eigenvalue weighted by Gasteiger charge is 2.25. The molecule has 1 aromatic rings. The van der Waals surface area contributed by atoms with Crippen LogP contribution in [0.5, 0.6) is 0 Å². The lowest BCUT2D eigenvalue weighted by molar-refractivity contribution is 0.0660. The summed E-state index contributed by atoms with van der Waals surface area (Å²) in [6.07, 6.45) is 1.82. The van der Waals surface area contributed by atoms with Crippen LogP contribution in [-0.2, 0) is 12.1 Å². The maximum absolute atomic E-state index is 9.57. The maximum Gasteiger partial charge on any atom is 0.240 e. The quantitative estimate of drug-likeness (QED) is 0.842. The van der Waals surface area contributed by atoms with Gasteiger partial charge in [-0.3, -0.25) is 4.90 Å². The number of hydrogen-bond acceptors (Lipinski definition) is 6. The van der Waals surface area contributed by atoms with Gasteiger partial charge in [-0.2, -0.15) is 4.98 Å². The molecule has 1 aliphatic rings. The number of aliphatic hydroxyl groups is 1. The van der Waals surface area contributed by atoms with Gasteiger partial charge in [-0.15, -0.1) is 0 Å². The van der Waals surface area contributed by atoms with E-state index in [2.05, 4.69) is 15.0 Å². The Morgan fingerprint density at radius 1 is 1.47 bits per heavy atom. The van der Waals surface area contributed by atoms with Crippen LogP contribution in [0.25, 0.3) is 0 Å². The molecule has 1 saturated heterocycles. The topological polar surface area (TPSA) is 88.4 Å². The third-order valence-corrected chi connectivity index (χ3v) is 3.72. The minimum atomic E-state index is -0.568. The molecule has 1 unspecified atom stereocenters. The van der Waals surface area contributed by atoms with Crippen LogP contribution in [-0.4, -0.2) is 39.3 Å². The summed E-state index contributed by atoms with van der Waals surface area (Å²) in [6.45, 7) is 8.16. The summed E-state index contributed by atoms with van der Waals surface area (Å²) in [5.74, 6) is 1.57. The maximum atomic E-state index is 9.57. The van der Waals surface area contributed by atoms with Crippen molar-refractivity contribution in [1.29, 1.82) is 0 Å². The largest absolute Gasteiger partial charge is 0.393 e. The van der Waals surface area contributed by atoms with Crippen molar-refractivity contribution in [1.82, 2.24) is 15.0 Å². The first-order chi connectivity index (χ1) is 8.86. The molecular formula is C13H24N4O2. The fourth-order valence-corrected chi connectivity index (χ4v) is 2.37. The molecule has 6 heteroatoms. The Bertz CT molecular complexity index is 403. The number of rotatable bonds is 4. The summed E-state index contributed by atoms with van der Waals surface area (Å²) in [4.78, 5) is 6.61. The SMILES string of the molecule is CC(O)C1CCN(Cc2nc(C(C)(C)N)no2)CC1. The molecular weight excluding hydrogens is 244 g/mol. The first-order valence-electron chi connectivity index (χ1n) is 6.88. The zero-order chi connectivity index (χ0) is 14.0. The molecule has 1 fully saturated rings. The molecule has 19 heavy (non-hydrogen) atoms. The summed E-state index contributed by atoms with van der Waals surface area (Å²) >= 11 is 0. The predicted octanol–water partition coefficient (Wildman–Crippen LogP) is 0.856. The zero-order valence-electron chi connectivity index (χ0n) is 12.0. The van der Waals surface area contributed by atoms with Gasteiger partial charge < -0.3 is 15.4 Å². The molecule has 2 heterocycles. The van der Waals surface area contributed by atoms with Crippen molar-refractivity contribution < 1.29 is 9.63 Å². The van der Waals surface area contributed by atoms with Crippen molar-refractivity contribution in [3.8, 4) is 0 Å². The Labute approximate surface area is 114 Å². The van der Waals surface area contributed by atoms with E-state index in [1.165, 1.54) is 0 Å². The number of nitrogens with zero attached hydrogens (tertiary/aromatic N) is 3. The van der Waals surface area contributed by atoms with Gasteiger partial charge in [0.2, 0.25) is 5.89 Å². The lowest BCUT2D eigenvalue weighted by Gasteiger charge is -2.32. The van der Waals surface area contributed by atoms with Gasteiger partial charge in [0, 0.05) is 0 Å². The summed E-state index contributed by atoms with van der Waals surface area (Å²) in [7, 11) is 0. The molecule has 0 radical (unpaired) electrons. The minimum absolute atomic E-state index is 0.213. The van der Waals surface area contributed by atoms with Gasteiger partial charge in [0.1, 0.15) is 0 Å². The van der Waals surface area contributed by atoms with Crippen LogP contribution < -0.4 is 5.73 Å². The van der Waals surface area contributed by atoms with E-state index in [1.54, 1.807) is 0 Å². The van der Waals surface area contributed by atoms with Gasteiger partial charge in [-0.1, -0.05) is 5.16 Å². The van der Waals surface area contributed by atoms with Crippen molar-refractivity contribution in [2.24, 2.45) is 11.7 Å². The number of aliphatic hydroxyl groups excluding tert-OH is 1. The highest BCUT2D eigenvalue weighted by Crippen LogP contribution is 2.22. The standard InChI is InChI=1S/C13H24N4O2/c1-9(18)10-4-6-17(7-5-10)8-11-15-12(16-19-11)13(2,3)14/h9-10,18H,4-8,14H2,1-3H3. The molecule has 0 bridgehead atoms. The molecule has 0 spiro atoms. The highest BCUT2D eigenvalue weighted by atomic mass is 16.5. The molecule has 0 amide bonds. The molecule has 0 saturated carbocycles. The van der Waals surface area contributed by atoms with Crippen LogP contribution in [0.4, 0.5) is 0 Å². The second-order valence-corrected chi connectivity index (χ2v) is 6.09. The fraction of sp³-hybridized carbons (Fsp3) is 0.846. The van der Waals surface area contributed by atoms with Crippen LogP contribution in [0, 0.1) is 5.92 Å². The molecule has 3 N–H and O–H groups in total. The molecule has 2 rings (SSSR count). The van der Waals surface area contributed by atoms with E-state index >= 15 is 0 Å². The number of aromatic nitrogens is 2. The second kappa shape index (κ2) is 5.56. The summed E-state index contributed by atoms with van der Waals surface area (Å²) in [5, 5.41) is 13.5. The second-order valence-electron chi connectivity index (χ2n) is 6.09. The van der Waals surface area contributed by atoms with E-state index in [4.69, 9.17) is 10.3 Å². The normalized spacial score (nSPS) is 20.7. The van der Waals surface area contributed by atoms with E-state index in [1.807, 2.05) is 20.8 Å². The molecule has 6 nitrogen and oxygen atoms in total. The number of nitrogens with two attached hydrogens (primary N) is 1. The summed E-state index contributed by atoms with van der Waals surface area (Å²) in [6, 6.07) is 0. The highest BCUT2D eigenvalue weighted by molar-refractivity contribution is 4.99. The molecule has 0 aromatic carbocycles. The van der Waals surface area contributed by atoms with Crippen molar-refractivity contribution in [3.63, 3.8) is 0 Å². The first kappa shape index (κ1) is 14.4. The number of piperidine rings is 1. The minimum Gasteiger partial charge on any atom is -0.393 e. The van der Waals surface area contributed by atoms with Crippen molar-refractivity contribution >= 4 is 0 Å². The molecule has 1 atom stereocenters. The van der Waals surface area contributed by atoms with Crippen LogP contribution in [0.2, 0.25) is 0 Å². The van der Waals surface area contributed by atoms with E-state index in [0.717, 1.165) is 25.9 Å². The monoisotopic (exact) mass is 268 g/mol. The lowest BCUT2D eigenvalue weighted by atomic mass is 9.92.